The minimum atomic E-state index is 0.420. The largest absolute Gasteiger partial charge is 0.308 e. The summed E-state index contributed by atoms with van der Waals surface area (Å²) in [6, 6.07) is 8.19. The van der Waals surface area contributed by atoms with Crippen LogP contribution in [0, 0.1) is 6.92 Å². The maximum Gasteiger partial charge on any atom is 0.243 e. The van der Waals surface area contributed by atoms with E-state index in [1.807, 2.05) is 16.7 Å². The van der Waals surface area contributed by atoms with Crippen LogP contribution in [-0.2, 0) is 11.3 Å². The number of hydrogen-bond donors (Lipinski definition) is 0. The lowest BCUT2D eigenvalue weighted by molar-refractivity contribution is 0.564. The van der Waals surface area contributed by atoms with Gasteiger partial charge in [-0.1, -0.05) is 30.7 Å². The smallest absolute Gasteiger partial charge is 0.243 e. The Balaban J connectivity index is 2.53. The third-order valence-corrected chi connectivity index (χ3v) is 2.74. The summed E-state index contributed by atoms with van der Waals surface area (Å²) in [4.78, 5) is 18.2. The molecular formula is C14H15N3O. The Hall–Kier alpha value is -2.19. The minimum absolute atomic E-state index is 0.420. The van der Waals surface area contributed by atoms with Crippen LogP contribution in [0.1, 0.15) is 18.9 Å². The van der Waals surface area contributed by atoms with Crippen molar-refractivity contribution in [1.29, 1.82) is 0 Å². The summed E-state index contributed by atoms with van der Waals surface area (Å²) in [5, 5.41) is 0. The Bertz CT molecular complexity index is 595. The normalized spacial score (nSPS) is 10.1. The van der Waals surface area contributed by atoms with E-state index in [1.54, 1.807) is 12.3 Å². The average Bonchev–Trinajstić information content (AvgIpc) is 2.74. The SMILES string of the molecule is CCCn1c(-c2cccc(C)c2)cnc1N=C=O. The molecule has 0 spiro atoms. The first kappa shape index (κ1) is 12.3. The van der Waals surface area contributed by atoms with Crippen LogP contribution in [0.3, 0.4) is 0 Å². The summed E-state index contributed by atoms with van der Waals surface area (Å²) in [6.45, 7) is 4.91. The Labute approximate surface area is 106 Å². The van der Waals surface area contributed by atoms with Crippen molar-refractivity contribution in [3.63, 3.8) is 0 Å². The van der Waals surface area contributed by atoms with Crippen molar-refractivity contribution < 1.29 is 4.79 Å². The molecule has 0 aliphatic carbocycles. The van der Waals surface area contributed by atoms with Crippen LogP contribution in [0.4, 0.5) is 5.95 Å². The number of rotatable bonds is 4. The maximum atomic E-state index is 10.4. The van der Waals surface area contributed by atoms with Gasteiger partial charge in [0, 0.05) is 12.1 Å². The summed E-state index contributed by atoms with van der Waals surface area (Å²) < 4.78 is 1.94. The number of aromatic nitrogens is 2. The summed E-state index contributed by atoms with van der Waals surface area (Å²) in [6.07, 6.45) is 4.26. The van der Waals surface area contributed by atoms with Crippen LogP contribution in [-0.4, -0.2) is 15.6 Å². The third kappa shape index (κ3) is 2.39. The highest BCUT2D eigenvalue weighted by atomic mass is 16.1. The lowest BCUT2D eigenvalue weighted by atomic mass is 10.1. The highest BCUT2D eigenvalue weighted by molar-refractivity contribution is 5.62. The summed E-state index contributed by atoms with van der Waals surface area (Å²) in [7, 11) is 0. The number of aryl methyl sites for hydroxylation is 1. The lowest BCUT2D eigenvalue weighted by Gasteiger charge is -2.08. The Morgan fingerprint density at radius 3 is 2.94 bits per heavy atom. The second-order valence-corrected chi connectivity index (χ2v) is 4.17. The van der Waals surface area contributed by atoms with E-state index in [1.165, 1.54) is 5.56 Å². The zero-order valence-corrected chi connectivity index (χ0v) is 10.6. The Morgan fingerprint density at radius 2 is 2.28 bits per heavy atom. The third-order valence-electron chi connectivity index (χ3n) is 2.74. The number of imidazole rings is 1. The monoisotopic (exact) mass is 241 g/mol. The topological polar surface area (TPSA) is 47.2 Å². The summed E-state index contributed by atoms with van der Waals surface area (Å²) in [5.41, 5.74) is 3.26. The van der Waals surface area contributed by atoms with Crippen molar-refractivity contribution in [2.24, 2.45) is 4.99 Å². The molecule has 1 heterocycles. The predicted octanol–water partition coefficient (Wildman–Crippen LogP) is 3.24. The second kappa shape index (κ2) is 5.43. The fourth-order valence-corrected chi connectivity index (χ4v) is 1.97. The number of isocyanates is 1. The van der Waals surface area contributed by atoms with Crippen LogP contribution < -0.4 is 0 Å². The van der Waals surface area contributed by atoms with Gasteiger partial charge >= 0.3 is 0 Å². The molecule has 2 rings (SSSR count). The van der Waals surface area contributed by atoms with Gasteiger partial charge in [0.25, 0.3) is 0 Å². The molecule has 0 N–H and O–H groups in total. The van der Waals surface area contributed by atoms with Crippen molar-refractivity contribution in [2.45, 2.75) is 26.8 Å². The van der Waals surface area contributed by atoms with Gasteiger partial charge in [-0.3, -0.25) is 0 Å². The molecule has 4 heteroatoms. The van der Waals surface area contributed by atoms with E-state index in [9.17, 15) is 4.79 Å². The van der Waals surface area contributed by atoms with Gasteiger partial charge in [0.2, 0.25) is 12.0 Å². The van der Waals surface area contributed by atoms with Gasteiger partial charge in [0.1, 0.15) is 0 Å². The van der Waals surface area contributed by atoms with Crippen molar-refractivity contribution >= 4 is 12.0 Å². The van der Waals surface area contributed by atoms with E-state index in [0.717, 1.165) is 24.2 Å². The molecule has 0 aliphatic heterocycles. The van der Waals surface area contributed by atoms with Gasteiger partial charge in [-0.2, -0.15) is 0 Å². The number of nitrogens with zero attached hydrogens (tertiary/aromatic N) is 3. The van der Waals surface area contributed by atoms with E-state index in [2.05, 4.69) is 36.0 Å². The van der Waals surface area contributed by atoms with Crippen LogP contribution in [0.2, 0.25) is 0 Å². The van der Waals surface area contributed by atoms with E-state index < -0.39 is 0 Å². The highest BCUT2D eigenvalue weighted by Gasteiger charge is 2.10. The first-order chi connectivity index (χ1) is 8.76. The van der Waals surface area contributed by atoms with E-state index in [0.29, 0.717) is 5.95 Å². The zero-order chi connectivity index (χ0) is 13.0. The fraction of sp³-hybridized carbons (Fsp3) is 0.286. The molecule has 4 nitrogen and oxygen atoms in total. The van der Waals surface area contributed by atoms with Crippen LogP contribution >= 0.6 is 0 Å². The molecule has 0 unspecified atom stereocenters. The van der Waals surface area contributed by atoms with Gasteiger partial charge in [-0.15, -0.1) is 4.99 Å². The van der Waals surface area contributed by atoms with Crippen LogP contribution in [0.15, 0.2) is 35.5 Å². The molecule has 2 aromatic rings. The fourth-order valence-electron chi connectivity index (χ4n) is 1.97. The molecule has 18 heavy (non-hydrogen) atoms. The number of carbonyl (C=O) groups excluding carboxylic acids is 1. The minimum Gasteiger partial charge on any atom is -0.308 e. The van der Waals surface area contributed by atoms with Gasteiger partial charge in [0.05, 0.1) is 11.9 Å². The summed E-state index contributed by atoms with van der Waals surface area (Å²) >= 11 is 0. The molecular weight excluding hydrogens is 226 g/mol. The van der Waals surface area contributed by atoms with Crippen molar-refractivity contribution in [3.8, 4) is 11.3 Å². The average molecular weight is 241 g/mol. The molecule has 1 aromatic carbocycles. The second-order valence-electron chi connectivity index (χ2n) is 4.17. The van der Waals surface area contributed by atoms with Crippen molar-refractivity contribution in [3.05, 3.63) is 36.0 Å². The summed E-state index contributed by atoms with van der Waals surface area (Å²) in [5.74, 6) is 0.420. The van der Waals surface area contributed by atoms with Crippen molar-refractivity contribution in [1.82, 2.24) is 9.55 Å². The quantitative estimate of drug-likeness (QED) is 0.609. The maximum absolute atomic E-state index is 10.4. The molecule has 0 saturated carbocycles. The van der Waals surface area contributed by atoms with Gasteiger partial charge < -0.3 is 4.57 Å². The van der Waals surface area contributed by atoms with Crippen LogP contribution in [0.5, 0.6) is 0 Å². The predicted molar refractivity (Wildman–Crippen MR) is 70.5 cm³/mol. The molecule has 0 amide bonds. The Morgan fingerprint density at radius 1 is 1.44 bits per heavy atom. The molecule has 0 atom stereocenters. The molecule has 0 radical (unpaired) electrons. The lowest BCUT2D eigenvalue weighted by Crippen LogP contribution is -1.98. The van der Waals surface area contributed by atoms with Gasteiger partial charge in [-0.05, 0) is 19.4 Å². The van der Waals surface area contributed by atoms with E-state index in [-0.39, 0.29) is 0 Å². The van der Waals surface area contributed by atoms with Gasteiger partial charge in [0.15, 0.2) is 0 Å². The number of aliphatic imine (C=N–C) groups is 1. The number of hydrogen-bond acceptors (Lipinski definition) is 3. The molecule has 0 bridgehead atoms. The van der Waals surface area contributed by atoms with Crippen molar-refractivity contribution in [2.75, 3.05) is 0 Å². The Kier molecular flexibility index (Phi) is 3.70. The molecule has 0 saturated heterocycles. The van der Waals surface area contributed by atoms with E-state index in [4.69, 9.17) is 0 Å². The molecule has 0 aliphatic rings. The molecule has 1 aromatic heterocycles. The number of benzene rings is 1. The first-order valence-corrected chi connectivity index (χ1v) is 5.96. The van der Waals surface area contributed by atoms with Crippen LogP contribution in [0.25, 0.3) is 11.3 Å². The molecule has 0 fully saturated rings. The van der Waals surface area contributed by atoms with E-state index >= 15 is 0 Å². The highest BCUT2D eigenvalue weighted by Crippen LogP contribution is 2.25. The zero-order valence-electron chi connectivity index (χ0n) is 10.6. The molecule has 92 valence electrons. The van der Waals surface area contributed by atoms with Gasteiger partial charge in [-0.25, -0.2) is 9.78 Å². The standard InChI is InChI=1S/C14H15N3O/c1-3-7-17-13(9-15-14(17)16-10-18)12-6-4-5-11(2)8-12/h4-6,8-9H,3,7H2,1-2H3. The first-order valence-electron chi connectivity index (χ1n) is 5.96.